The van der Waals surface area contributed by atoms with Crippen LogP contribution in [0.25, 0.3) is 0 Å². The van der Waals surface area contributed by atoms with Crippen LogP contribution in [0.3, 0.4) is 0 Å². The minimum atomic E-state index is -0.910. The fourth-order valence-electron chi connectivity index (χ4n) is 1.88. The molecule has 0 unspecified atom stereocenters. The van der Waals surface area contributed by atoms with E-state index < -0.39 is 23.3 Å². The van der Waals surface area contributed by atoms with Crippen LogP contribution in [0.1, 0.15) is 57.5 Å². The number of benzene rings is 1. The minimum absolute atomic E-state index is 0.0399. The molecule has 0 aliphatic carbocycles. The quantitative estimate of drug-likeness (QED) is 0.515. The fraction of sp³-hybridized carbons (Fsp3) is 0.556. The molecule has 6 nitrogen and oxygen atoms in total. The lowest BCUT2D eigenvalue weighted by atomic mass is 10.1. The summed E-state index contributed by atoms with van der Waals surface area (Å²) < 4.78 is 21.5. The van der Waals surface area contributed by atoms with Crippen molar-refractivity contribution >= 4 is 28.1 Å². The highest BCUT2D eigenvalue weighted by Crippen LogP contribution is 2.34. The van der Waals surface area contributed by atoms with Crippen molar-refractivity contribution in [2.24, 2.45) is 0 Å². The molecule has 0 amide bonds. The number of hydrogen-bond donors (Lipinski definition) is 0. The maximum Gasteiger partial charge on any atom is 0.514 e. The number of carbonyl (C=O) groups is 2. The molecule has 0 fully saturated rings. The van der Waals surface area contributed by atoms with Crippen LogP contribution in [-0.4, -0.2) is 30.4 Å². The Bertz CT molecular complexity index is 640. The molecule has 1 aromatic carbocycles. The Kier molecular flexibility index (Phi) is 7.02. The number of halogens is 1. The molecule has 0 spiro atoms. The molecule has 7 heteroatoms. The van der Waals surface area contributed by atoms with Crippen LogP contribution in [0.4, 0.5) is 4.79 Å². The SMILES string of the molecule is COCc1ccc(Br)c(OC(=O)OC(C)(C)C)c1C(=O)OC(C)(C)C. The summed E-state index contributed by atoms with van der Waals surface area (Å²) in [7, 11) is 1.51. The number of rotatable bonds is 4. The molecule has 0 heterocycles. The second-order valence-electron chi connectivity index (χ2n) is 7.41. The van der Waals surface area contributed by atoms with E-state index in [2.05, 4.69) is 15.9 Å². The first kappa shape index (κ1) is 21.4. The Labute approximate surface area is 156 Å². The number of hydrogen-bond acceptors (Lipinski definition) is 6. The first-order valence-electron chi connectivity index (χ1n) is 7.78. The van der Waals surface area contributed by atoms with Gasteiger partial charge in [-0.15, -0.1) is 0 Å². The molecule has 140 valence electrons. The summed E-state index contributed by atoms with van der Waals surface area (Å²) in [5.41, 5.74) is -0.761. The summed E-state index contributed by atoms with van der Waals surface area (Å²) in [6.07, 6.45) is -0.910. The first-order chi connectivity index (χ1) is 11.3. The van der Waals surface area contributed by atoms with E-state index in [-0.39, 0.29) is 17.9 Å². The van der Waals surface area contributed by atoms with Gasteiger partial charge in [-0.2, -0.15) is 0 Å². The van der Waals surface area contributed by atoms with Crippen LogP contribution >= 0.6 is 15.9 Å². The second kappa shape index (κ2) is 8.19. The van der Waals surface area contributed by atoms with Crippen molar-refractivity contribution in [1.29, 1.82) is 0 Å². The van der Waals surface area contributed by atoms with Crippen molar-refractivity contribution < 1.29 is 28.5 Å². The van der Waals surface area contributed by atoms with Crippen molar-refractivity contribution in [2.75, 3.05) is 7.11 Å². The van der Waals surface area contributed by atoms with Gasteiger partial charge in [-0.3, -0.25) is 0 Å². The first-order valence-corrected chi connectivity index (χ1v) is 8.58. The van der Waals surface area contributed by atoms with Gasteiger partial charge in [0.2, 0.25) is 0 Å². The van der Waals surface area contributed by atoms with Crippen LogP contribution in [0.2, 0.25) is 0 Å². The molecule has 1 rings (SSSR count). The lowest BCUT2D eigenvalue weighted by Gasteiger charge is -2.23. The highest BCUT2D eigenvalue weighted by atomic mass is 79.9. The molecule has 1 aromatic rings. The lowest BCUT2D eigenvalue weighted by molar-refractivity contribution is 0.00567. The molecule has 0 saturated heterocycles. The third kappa shape index (κ3) is 7.04. The van der Waals surface area contributed by atoms with Gasteiger partial charge in [0.1, 0.15) is 16.8 Å². The fourth-order valence-corrected chi connectivity index (χ4v) is 2.29. The molecule has 0 N–H and O–H groups in total. The Hall–Kier alpha value is -1.60. The van der Waals surface area contributed by atoms with E-state index in [0.717, 1.165) is 0 Å². The summed E-state index contributed by atoms with van der Waals surface area (Å²) in [6.45, 7) is 10.6. The van der Waals surface area contributed by atoms with Crippen molar-refractivity contribution in [3.05, 3.63) is 27.7 Å². The van der Waals surface area contributed by atoms with E-state index in [0.29, 0.717) is 10.0 Å². The molecular weight excluding hydrogens is 392 g/mol. The summed E-state index contributed by atoms with van der Waals surface area (Å²) in [5, 5.41) is 0. The maximum absolute atomic E-state index is 12.7. The average Bonchev–Trinajstić information content (AvgIpc) is 2.38. The number of esters is 1. The Morgan fingerprint density at radius 1 is 1.00 bits per heavy atom. The molecule has 0 aromatic heterocycles. The van der Waals surface area contributed by atoms with Gasteiger partial charge in [0.05, 0.1) is 11.1 Å². The zero-order valence-corrected chi connectivity index (χ0v) is 17.3. The zero-order chi connectivity index (χ0) is 19.4. The van der Waals surface area contributed by atoms with Gasteiger partial charge in [0, 0.05) is 7.11 Å². The molecule has 0 radical (unpaired) electrons. The lowest BCUT2D eigenvalue weighted by Crippen LogP contribution is -2.28. The van der Waals surface area contributed by atoms with Crippen molar-refractivity contribution in [1.82, 2.24) is 0 Å². The van der Waals surface area contributed by atoms with Crippen LogP contribution in [-0.2, 0) is 20.8 Å². The molecule has 0 aliphatic heterocycles. The van der Waals surface area contributed by atoms with Crippen LogP contribution in [0.15, 0.2) is 16.6 Å². The van der Waals surface area contributed by atoms with E-state index in [1.54, 1.807) is 53.7 Å². The Balaban J connectivity index is 3.32. The summed E-state index contributed by atoms with van der Waals surface area (Å²) in [5.74, 6) is -0.572. The predicted molar refractivity (Wildman–Crippen MR) is 96.9 cm³/mol. The number of carbonyl (C=O) groups excluding carboxylic acids is 2. The third-order valence-corrected chi connectivity index (χ3v) is 3.30. The van der Waals surface area contributed by atoms with Crippen LogP contribution in [0, 0.1) is 0 Å². The third-order valence-electron chi connectivity index (χ3n) is 2.67. The minimum Gasteiger partial charge on any atom is -0.456 e. The number of ether oxygens (including phenoxy) is 4. The van der Waals surface area contributed by atoms with Gasteiger partial charge >= 0.3 is 12.1 Å². The van der Waals surface area contributed by atoms with Gasteiger partial charge in [-0.1, -0.05) is 6.07 Å². The van der Waals surface area contributed by atoms with E-state index in [4.69, 9.17) is 18.9 Å². The largest absolute Gasteiger partial charge is 0.514 e. The zero-order valence-electron chi connectivity index (χ0n) is 15.7. The van der Waals surface area contributed by atoms with E-state index in [9.17, 15) is 9.59 Å². The van der Waals surface area contributed by atoms with E-state index in [1.807, 2.05) is 0 Å². The van der Waals surface area contributed by atoms with Gasteiger partial charge < -0.3 is 18.9 Å². The van der Waals surface area contributed by atoms with Gasteiger partial charge in [-0.25, -0.2) is 9.59 Å². The molecule has 0 saturated carbocycles. The standard InChI is InChI=1S/C18H25BrO6/c1-17(2,3)24-15(20)13-11(10-22-7)8-9-12(19)14(13)23-16(21)25-18(4,5)6/h8-9H,10H2,1-7H3. The summed E-state index contributed by atoms with van der Waals surface area (Å²) in [4.78, 5) is 24.7. The molecule has 25 heavy (non-hydrogen) atoms. The molecule has 0 aliphatic rings. The molecular formula is C18H25BrO6. The highest BCUT2D eigenvalue weighted by Gasteiger charge is 2.28. The monoisotopic (exact) mass is 416 g/mol. The van der Waals surface area contributed by atoms with E-state index in [1.165, 1.54) is 7.11 Å². The van der Waals surface area contributed by atoms with Gasteiger partial charge in [-0.05, 0) is 69.1 Å². The average molecular weight is 417 g/mol. The normalized spacial score (nSPS) is 11.8. The Morgan fingerprint density at radius 3 is 2.04 bits per heavy atom. The molecule has 0 atom stereocenters. The smallest absolute Gasteiger partial charge is 0.456 e. The number of methoxy groups -OCH3 is 1. The maximum atomic E-state index is 12.7. The summed E-state index contributed by atoms with van der Waals surface area (Å²) >= 11 is 3.31. The molecule has 0 bridgehead atoms. The summed E-state index contributed by atoms with van der Waals surface area (Å²) in [6, 6.07) is 3.37. The van der Waals surface area contributed by atoms with Crippen molar-refractivity contribution in [2.45, 2.75) is 59.4 Å². The van der Waals surface area contributed by atoms with Gasteiger partial charge in [0.15, 0.2) is 5.75 Å². The van der Waals surface area contributed by atoms with Crippen LogP contribution in [0.5, 0.6) is 5.75 Å². The van der Waals surface area contributed by atoms with Gasteiger partial charge in [0.25, 0.3) is 0 Å². The predicted octanol–water partition coefficient (Wildman–Crippen LogP) is 4.86. The van der Waals surface area contributed by atoms with Crippen molar-refractivity contribution in [3.63, 3.8) is 0 Å². The Morgan fingerprint density at radius 2 is 1.56 bits per heavy atom. The van der Waals surface area contributed by atoms with Crippen molar-refractivity contribution in [3.8, 4) is 5.75 Å². The van der Waals surface area contributed by atoms with E-state index >= 15 is 0 Å². The second-order valence-corrected chi connectivity index (χ2v) is 8.27. The van der Waals surface area contributed by atoms with Crippen LogP contribution < -0.4 is 4.74 Å². The topological polar surface area (TPSA) is 71.1 Å². The highest BCUT2D eigenvalue weighted by molar-refractivity contribution is 9.10.